The zero-order valence-electron chi connectivity index (χ0n) is 23.4. The van der Waals surface area contributed by atoms with Crippen LogP contribution in [0.4, 0.5) is 16.2 Å². The van der Waals surface area contributed by atoms with Gasteiger partial charge in [0, 0.05) is 47.2 Å². The number of amides is 3. The molecular weight excluding hydrogens is 594 g/mol. The largest absolute Gasteiger partial charge is 0.481 e. The average molecular weight is 622 g/mol. The highest BCUT2D eigenvalue weighted by Crippen LogP contribution is 2.20. The molecule has 0 unspecified atom stereocenters. The zero-order chi connectivity index (χ0) is 31.5. The lowest BCUT2D eigenvalue weighted by Gasteiger charge is -2.17. The number of rotatable bonds is 13. The lowest BCUT2D eigenvalue weighted by Crippen LogP contribution is -2.44. The van der Waals surface area contributed by atoms with Gasteiger partial charge in [0.25, 0.3) is 0 Å². The number of ether oxygens (including phenoxy) is 1. The maximum Gasteiger partial charge on any atom is 0.411 e. The van der Waals surface area contributed by atoms with E-state index in [1.807, 2.05) is 6.92 Å². The molecule has 0 spiro atoms. The summed E-state index contributed by atoms with van der Waals surface area (Å²) in [6, 6.07) is 12.0. The van der Waals surface area contributed by atoms with Gasteiger partial charge in [-0.25, -0.2) is 4.79 Å². The SMILES string of the molecule is CCn1ccc(C[C@H](NC(=O)C=Cc2cc(Cl)ccc2-n2cnnn2)C(=O)Nc2ccc(NC(=O)OCCC(=O)O)cc2)n1. The Morgan fingerprint density at radius 3 is 2.48 bits per heavy atom. The minimum Gasteiger partial charge on any atom is -0.481 e. The molecule has 0 aliphatic heterocycles. The standard InChI is InChI=1S/C28H28ClN9O6/c1-2-37-13-11-22(34-37)16-23(27(42)31-20-5-7-21(8-6-20)32-28(43)44-14-12-26(40)41)33-25(39)10-3-18-15-19(29)4-9-24(18)38-17-30-35-36-38/h3-11,13,15,17,23H,2,12,14,16H2,1H3,(H,31,42)(H,32,43)(H,33,39)(H,40,41)/t23-/m0/s1. The van der Waals surface area contributed by atoms with E-state index in [4.69, 9.17) is 21.4 Å². The molecule has 0 bridgehead atoms. The van der Waals surface area contributed by atoms with E-state index in [0.717, 1.165) is 0 Å². The second-order valence-electron chi connectivity index (χ2n) is 9.19. The number of aryl methyl sites for hydroxylation is 1. The Balaban J connectivity index is 1.44. The highest BCUT2D eigenvalue weighted by atomic mass is 35.5. The molecule has 44 heavy (non-hydrogen) atoms. The Bertz CT molecular complexity index is 1640. The summed E-state index contributed by atoms with van der Waals surface area (Å²) in [5.74, 6) is -2.12. The van der Waals surface area contributed by atoms with Crippen LogP contribution in [0, 0.1) is 0 Å². The van der Waals surface area contributed by atoms with E-state index in [1.54, 1.807) is 47.3 Å². The molecule has 0 saturated carbocycles. The summed E-state index contributed by atoms with van der Waals surface area (Å²) in [5.41, 5.74) is 2.54. The van der Waals surface area contributed by atoms with Crippen LogP contribution in [0.2, 0.25) is 5.02 Å². The summed E-state index contributed by atoms with van der Waals surface area (Å²) in [5, 5.41) is 32.6. The van der Waals surface area contributed by atoms with Gasteiger partial charge in [-0.15, -0.1) is 5.10 Å². The van der Waals surface area contributed by atoms with E-state index in [0.29, 0.717) is 39.9 Å². The number of hydrogen-bond donors (Lipinski definition) is 4. The Morgan fingerprint density at radius 2 is 1.82 bits per heavy atom. The van der Waals surface area contributed by atoms with E-state index in [2.05, 4.69) is 36.6 Å². The van der Waals surface area contributed by atoms with Crippen LogP contribution in [-0.2, 0) is 32.1 Å². The normalized spacial score (nSPS) is 11.6. The summed E-state index contributed by atoms with van der Waals surface area (Å²) < 4.78 is 7.94. The monoisotopic (exact) mass is 621 g/mol. The second-order valence-corrected chi connectivity index (χ2v) is 9.63. The van der Waals surface area contributed by atoms with Crippen molar-refractivity contribution in [2.45, 2.75) is 32.4 Å². The molecule has 15 nitrogen and oxygen atoms in total. The lowest BCUT2D eigenvalue weighted by atomic mass is 10.1. The Morgan fingerprint density at radius 1 is 1.07 bits per heavy atom. The summed E-state index contributed by atoms with van der Waals surface area (Å²) in [6.45, 7) is 2.30. The van der Waals surface area contributed by atoms with Crippen molar-refractivity contribution in [2.24, 2.45) is 0 Å². The molecule has 4 N–H and O–H groups in total. The smallest absolute Gasteiger partial charge is 0.411 e. The van der Waals surface area contributed by atoms with E-state index in [-0.39, 0.29) is 19.4 Å². The molecule has 2 heterocycles. The van der Waals surface area contributed by atoms with Crippen molar-refractivity contribution in [1.29, 1.82) is 0 Å². The van der Waals surface area contributed by atoms with Gasteiger partial charge >= 0.3 is 12.1 Å². The van der Waals surface area contributed by atoms with Gasteiger partial charge < -0.3 is 20.5 Å². The van der Waals surface area contributed by atoms with Crippen molar-refractivity contribution in [1.82, 2.24) is 35.3 Å². The Hall–Kier alpha value is -5.57. The maximum atomic E-state index is 13.3. The number of anilines is 2. The third-order valence-electron chi connectivity index (χ3n) is 6.01. The summed E-state index contributed by atoms with van der Waals surface area (Å²) in [6.07, 6.45) is 5.00. The first-order valence-electron chi connectivity index (χ1n) is 13.3. The fourth-order valence-corrected chi connectivity index (χ4v) is 4.06. The van der Waals surface area contributed by atoms with Gasteiger partial charge in [0.2, 0.25) is 11.8 Å². The molecule has 3 amide bonds. The molecule has 0 radical (unpaired) electrons. The molecule has 2 aromatic heterocycles. The predicted octanol–water partition coefficient (Wildman–Crippen LogP) is 2.93. The van der Waals surface area contributed by atoms with Crippen LogP contribution in [0.1, 0.15) is 24.6 Å². The maximum absolute atomic E-state index is 13.3. The third-order valence-corrected chi connectivity index (χ3v) is 6.25. The molecule has 228 valence electrons. The summed E-state index contributed by atoms with van der Waals surface area (Å²) >= 11 is 6.16. The highest BCUT2D eigenvalue weighted by molar-refractivity contribution is 6.30. The number of hydrogen-bond acceptors (Lipinski definition) is 9. The van der Waals surface area contributed by atoms with Crippen LogP contribution >= 0.6 is 11.6 Å². The van der Waals surface area contributed by atoms with E-state index in [1.165, 1.54) is 35.3 Å². The number of carbonyl (C=O) groups excluding carboxylic acids is 3. The average Bonchev–Trinajstić information content (AvgIpc) is 3.69. The van der Waals surface area contributed by atoms with Gasteiger partial charge in [-0.3, -0.25) is 24.4 Å². The number of aromatic nitrogens is 6. The van der Waals surface area contributed by atoms with Crippen molar-refractivity contribution >= 4 is 52.9 Å². The molecule has 2 aromatic carbocycles. The number of nitrogens with one attached hydrogen (secondary N) is 3. The van der Waals surface area contributed by atoms with Gasteiger partial charge in [0.05, 0.1) is 17.8 Å². The van der Waals surface area contributed by atoms with Crippen LogP contribution < -0.4 is 16.0 Å². The molecule has 16 heteroatoms. The number of carbonyl (C=O) groups is 4. The van der Waals surface area contributed by atoms with Gasteiger partial charge in [0.15, 0.2) is 0 Å². The molecule has 0 aliphatic rings. The highest BCUT2D eigenvalue weighted by Gasteiger charge is 2.22. The molecule has 0 saturated heterocycles. The van der Waals surface area contributed by atoms with Crippen molar-refractivity contribution in [3.05, 3.63) is 83.4 Å². The molecule has 4 aromatic rings. The van der Waals surface area contributed by atoms with Crippen molar-refractivity contribution in [3.8, 4) is 5.69 Å². The quantitative estimate of drug-likeness (QED) is 0.161. The fourth-order valence-electron chi connectivity index (χ4n) is 3.88. The van der Waals surface area contributed by atoms with Gasteiger partial charge in [-0.2, -0.15) is 9.78 Å². The molecule has 4 rings (SSSR count). The molecule has 0 aliphatic carbocycles. The van der Waals surface area contributed by atoms with Crippen molar-refractivity contribution in [3.63, 3.8) is 0 Å². The fraction of sp³-hybridized carbons (Fsp3) is 0.214. The summed E-state index contributed by atoms with van der Waals surface area (Å²) in [7, 11) is 0. The van der Waals surface area contributed by atoms with Gasteiger partial charge in [-0.1, -0.05) is 11.6 Å². The van der Waals surface area contributed by atoms with Crippen LogP contribution in [0.3, 0.4) is 0 Å². The first-order valence-corrected chi connectivity index (χ1v) is 13.7. The number of carboxylic acids is 1. The molecule has 0 fully saturated rings. The van der Waals surface area contributed by atoms with E-state index < -0.39 is 29.9 Å². The second kappa shape index (κ2) is 15.1. The van der Waals surface area contributed by atoms with Crippen LogP contribution in [0.25, 0.3) is 11.8 Å². The summed E-state index contributed by atoms with van der Waals surface area (Å²) in [4.78, 5) is 48.7. The number of halogens is 1. The number of tetrazole rings is 1. The third kappa shape index (κ3) is 9.22. The number of aliphatic carboxylic acids is 1. The van der Waals surface area contributed by atoms with Crippen molar-refractivity contribution in [2.75, 3.05) is 17.2 Å². The lowest BCUT2D eigenvalue weighted by molar-refractivity contribution is -0.137. The Labute approximate surface area is 255 Å². The minimum atomic E-state index is -1.08. The van der Waals surface area contributed by atoms with Crippen LogP contribution in [0.5, 0.6) is 0 Å². The Kier molecular flexibility index (Phi) is 10.7. The minimum absolute atomic E-state index is 0.118. The molecule has 1 atom stereocenters. The van der Waals surface area contributed by atoms with Crippen LogP contribution in [0.15, 0.2) is 67.1 Å². The first kappa shape index (κ1) is 31.4. The number of carboxylic acid groups (broad SMARTS) is 1. The number of benzene rings is 2. The van der Waals surface area contributed by atoms with E-state index >= 15 is 0 Å². The van der Waals surface area contributed by atoms with Gasteiger partial charge in [-0.05, 0) is 72.0 Å². The molecular formula is C28H28ClN9O6. The number of nitrogens with zero attached hydrogens (tertiary/aromatic N) is 6. The predicted molar refractivity (Wildman–Crippen MR) is 159 cm³/mol. The van der Waals surface area contributed by atoms with Gasteiger partial charge in [0.1, 0.15) is 19.0 Å². The topological polar surface area (TPSA) is 195 Å². The van der Waals surface area contributed by atoms with Crippen molar-refractivity contribution < 1.29 is 29.0 Å². The first-order chi connectivity index (χ1) is 21.2. The van der Waals surface area contributed by atoms with E-state index in [9.17, 15) is 19.2 Å². The van der Waals surface area contributed by atoms with Crippen LogP contribution in [-0.4, -0.2) is 71.6 Å². The zero-order valence-corrected chi connectivity index (χ0v) is 24.1.